The van der Waals surface area contributed by atoms with Gasteiger partial charge in [-0.3, -0.25) is 4.79 Å². The molecular formula is C14H15Cl2N3O2S2. The maximum atomic E-state index is 12.3. The Kier molecular flexibility index (Phi) is 6.52. The summed E-state index contributed by atoms with van der Waals surface area (Å²) in [6, 6.07) is 5.08. The van der Waals surface area contributed by atoms with Crippen molar-refractivity contribution < 1.29 is 9.53 Å². The number of nitrogens with zero attached hydrogens (tertiary/aromatic N) is 2. The Morgan fingerprint density at radius 1 is 1.30 bits per heavy atom. The summed E-state index contributed by atoms with van der Waals surface area (Å²) in [5.74, 6) is -0.194. The molecule has 9 heteroatoms. The van der Waals surface area contributed by atoms with Crippen LogP contribution in [-0.4, -0.2) is 27.5 Å². The van der Waals surface area contributed by atoms with Gasteiger partial charge in [0.2, 0.25) is 5.91 Å². The number of halogens is 2. The molecule has 1 aromatic heterocycles. The fraction of sp³-hybridized carbons (Fsp3) is 0.357. The standard InChI is InChI=1S/C14H15Cl2N3O2S2/c1-7(2)21-13-18-19-14(23-13)22-8(3)12(20)17-10-6-4-5-9(15)11(10)16/h4-8H,1-3H3,(H,17,20). The molecule has 1 N–H and O–H groups in total. The number of carbonyl (C=O) groups excluding carboxylic acids is 1. The minimum absolute atomic E-state index is 0.0338. The molecule has 1 aromatic carbocycles. The number of hydrogen-bond acceptors (Lipinski definition) is 6. The van der Waals surface area contributed by atoms with E-state index in [-0.39, 0.29) is 17.3 Å². The average molecular weight is 392 g/mol. The molecule has 5 nitrogen and oxygen atoms in total. The highest BCUT2D eigenvalue weighted by atomic mass is 35.5. The molecule has 0 spiro atoms. The number of ether oxygens (including phenoxy) is 1. The summed E-state index contributed by atoms with van der Waals surface area (Å²) >= 11 is 14.6. The van der Waals surface area contributed by atoms with E-state index in [0.29, 0.717) is 25.3 Å². The van der Waals surface area contributed by atoms with E-state index in [9.17, 15) is 4.79 Å². The van der Waals surface area contributed by atoms with Crippen molar-refractivity contribution in [3.63, 3.8) is 0 Å². The molecule has 23 heavy (non-hydrogen) atoms. The molecule has 0 saturated heterocycles. The minimum atomic E-state index is -0.370. The van der Waals surface area contributed by atoms with Gasteiger partial charge in [-0.15, -0.1) is 5.10 Å². The van der Waals surface area contributed by atoms with Gasteiger partial charge >= 0.3 is 0 Å². The van der Waals surface area contributed by atoms with Crippen LogP contribution >= 0.6 is 46.3 Å². The average Bonchev–Trinajstić information content (AvgIpc) is 2.90. The Morgan fingerprint density at radius 3 is 2.74 bits per heavy atom. The van der Waals surface area contributed by atoms with Crippen molar-refractivity contribution in [2.45, 2.75) is 36.5 Å². The molecule has 0 aliphatic rings. The third kappa shape index (κ3) is 5.24. The van der Waals surface area contributed by atoms with Crippen molar-refractivity contribution in [1.29, 1.82) is 0 Å². The highest BCUT2D eigenvalue weighted by Gasteiger charge is 2.19. The fourth-order valence-corrected chi connectivity index (χ4v) is 3.83. The van der Waals surface area contributed by atoms with E-state index in [1.165, 1.54) is 23.1 Å². The van der Waals surface area contributed by atoms with E-state index in [4.69, 9.17) is 27.9 Å². The summed E-state index contributed by atoms with van der Waals surface area (Å²) < 4.78 is 6.13. The first-order valence-electron chi connectivity index (χ1n) is 6.78. The summed E-state index contributed by atoms with van der Waals surface area (Å²) in [5, 5.41) is 11.5. The lowest BCUT2D eigenvalue weighted by Gasteiger charge is -2.12. The van der Waals surface area contributed by atoms with E-state index >= 15 is 0 Å². The molecule has 124 valence electrons. The van der Waals surface area contributed by atoms with Crippen LogP contribution in [0.4, 0.5) is 5.69 Å². The lowest BCUT2D eigenvalue weighted by atomic mass is 10.3. The van der Waals surface area contributed by atoms with Crippen LogP contribution in [0.3, 0.4) is 0 Å². The van der Waals surface area contributed by atoms with Gasteiger partial charge in [0.05, 0.1) is 27.1 Å². The Labute approximate surface area is 152 Å². The molecule has 0 saturated carbocycles. The summed E-state index contributed by atoms with van der Waals surface area (Å²) in [6.45, 7) is 5.61. The van der Waals surface area contributed by atoms with Crippen LogP contribution in [0.1, 0.15) is 20.8 Å². The molecule has 2 rings (SSSR count). The predicted molar refractivity (Wildman–Crippen MR) is 96.1 cm³/mol. The number of aromatic nitrogens is 2. The summed E-state index contributed by atoms with van der Waals surface area (Å²) in [7, 11) is 0. The first-order chi connectivity index (χ1) is 10.9. The second kappa shape index (κ2) is 8.19. The second-order valence-electron chi connectivity index (χ2n) is 4.85. The third-order valence-electron chi connectivity index (χ3n) is 2.58. The monoisotopic (exact) mass is 391 g/mol. The van der Waals surface area contributed by atoms with Crippen LogP contribution in [0.25, 0.3) is 0 Å². The van der Waals surface area contributed by atoms with Gasteiger partial charge in [-0.2, -0.15) is 0 Å². The normalized spacial score (nSPS) is 12.3. The van der Waals surface area contributed by atoms with E-state index in [2.05, 4.69) is 15.5 Å². The summed E-state index contributed by atoms with van der Waals surface area (Å²) in [5.41, 5.74) is 0.484. The Hall–Kier alpha value is -1.02. The van der Waals surface area contributed by atoms with Crippen molar-refractivity contribution in [2.24, 2.45) is 0 Å². The predicted octanol–water partition coefficient (Wildman–Crippen LogP) is 4.75. The van der Waals surface area contributed by atoms with E-state index < -0.39 is 0 Å². The van der Waals surface area contributed by atoms with Crippen LogP contribution < -0.4 is 10.1 Å². The van der Waals surface area contributed by atoms with Crippen LogP contribution in [0.2, 0.25) is 10.0 Å². The zero-order valence-electron chi connectivity index (χ0n) is 12.7. The number of hydrogen-bond donors (Lipinski definition) is 1. The second-order valence-corrected chi connectivity index (χ2v) is 8.16. The highest BCUT2D eigenvalue weighted by Crippen LogP contribution is 2.33. The van der Waals surface area contributed by atoms with Gasteiger partial charge in [-0.05, 0) is 44.2 Å². The maximum Gasteiger partial charge on any atom is 0.295 e. The first-order valence-corrected chi connectivity index (χ1v) is 9.23. The number of rotatable bonds is 6. The maximum absolute atomic E-state index is 12.3. The fourth-order valence-electron chi connectivity index (χ4n) is 1.53. The zero-order chi connectivity index (χ0) is 17.0. The topological polar surface area (TPSA) is 64.1 Å². The van der Waals surface area contributed by atoms with E-state index in [1.54, 1.807) is 25.1 Å². The molecule has 0 aliphatic heterocycles. The highest BCUT2D eigenvalue weighted by molar-refractivity contribution is 8.02. The van der Waals surface area contributed by atoms with Crippen LogP contribution in [0.5, 0.6) is 5.19 Å². The van der Waals surface area contributed by atoms with E-state index in [1.807, 2.05) is 13.8 Å². The van der Waals surface area contributed by atoms with Gasteiger partial charge in [-0.1, -0.05) is 46.1 Å². The minimum Gasteiger partial charge on any atom is -0.466 e. The van der Waals surface area contributed by atoms with Crippen molar-refractivity contribution >= 4 is 57.9 Å². The molecule has 1 unspecified atom stereocenters. The zero-order valence-corrected chi connectivity index (χ0v) is 15.8. The molecule has 0 radical (unpaired) electrons. The lowest BCUT2D eigenvalue weighted by molar-refractivity contribution is -0.115. The largest absolute Gasteiger partial charge is 0.466 e. The molecule has 0 aliphatic carbocycles. The van der Waals surface area contributed by atoms with Gasteiger partial charge < -0.3 is 10.1 Å². The number of thioether (sulfide) groups is 1. The summed E-state index contributed by atoms with van der Waals surface area (Å²) in [4.78, 5) is 12.3. The van der Waals surface area contributed by atoms with Gasteiger partial charge in [0.1, 0.15) is 0 Å². The number of benzene rings is 1. The lowest BCUT2D eigenvalue weighted by Crippen LogP contribution is -2.22. The summed E-state index contributed by atoms with van der Waals surface area (Å²) in [6.07, 6.45) is 0.0338. The molecule has 1 amide bonds. The van der Waals surface area contributed by atoms with Crippen molar-refractivity contribution in [3.05, 3.63) is 28.2 Å². The Bertz CT molecular complexity index is 694. The SMILES string of the molecule is CC(C)Oc1nnc(SC(C)C(=O)Nc2cccc(Cl)c2Cl)s1. The number of anilines is 1. The third-order valence-corrected chi connectivity index (χ3v) is 5.40. The van der Waals surface area contributed by atoms with Gasteiger partial charge in [0.15, 0.2) is 4.34 Å². The molecule has 2 aromatic rings. The smallest absolute Gasteiger partial charge is 0.295 e. The molecular weight excluding hydrogens is 377 g/mol. The van der Waals surface area contributed by atoms with Gasteiger partial charge in [0.25, 0.3) is 5.19 Å². The van der Waals surface area contributed by atoms with Crippen molar-refractivity contribution in [2.75, 3.05) is 5.32 Å². The molecule has 1 atom stereocenters. The molecule has 0 fully saturated rings. The van der Waals surface area contributed by atoms with Crippen LogP contribution in [-0.2, 0) is 4.79 Å². The first kappa shape index (κ1) is 18.3. The number of carbonyl (C=O) groups is 1. The number of amides is 1. The van der Waals surface area contributed by atoms with Crippen molar-refractivity contribution in [1.82, 2.24) is 10.2 Å². The Balaban J connectivity index is 1.97. The van der Waals surface area contributed by atoms with E-state index in [0.717, 1.165) is 0 Å². The van der Waals surface area contributed by atoms with Crippen LogP contribution in [0, 0.1) is 0 Å². The van der Waals surface area contributed by atoms with Crippen LogP contribution in [0.15, 0.2) is 22.5 Å². The van der Waals surface area contributed by atoms with Gasteiger partial charge in [0, 0.05) is 0 Å². The van der Waals surface area contributed by atoms with Gasteiger partial charge in [-0.25, -0.2) is 0 Å². The van der Waals surface area contributed by atoms with Crippen molar-refractivity contribution in [3.8, 4) is 5.19 Å². The number of nitrogens with one attached hydrogen (secondary N) is 1. The Morgan fingerprint density at radius 2 is 2.04 bits per heavy atom. The molecule has 0 bridgehead atoms. The molecule has 1 heterocycles. The quantitative estimate of drug-likeness (QED) is 0.719.